The predicted octanol–water partition coefficient (Wildman–Crippen LogP) is 9.44. The Morgan fingerprint density at radius 1 is 0.588 bits per heavy atom. The number of hydrogen-bond acceptors (Lipinski definition) is 6. The number of rotatable bonds is 16. The minimum Gasteiger partial charge on any atom is -0.490 e. The van der Waals surface area contributed by atoms with Crippen LogP contribution in [0.2, 0.25) is 0 Å². The molecule has 1 aliphatic carbocycles. The van der Waals surface area contributed by atoms with Crippen LogP contribution in [-0.4, -0.2) is 38.4 Å². The van der Waals surface area contributed by atoms with Crippen molar-refractivity contribution in [2.45, 2.75) is 59.8 Å². The fourth-order valence-corrected chi connectivity index (χ4v) is 6.95. The van der Waals surface area contributed by atoms with Gasteiger partial charge in [-0.15, -0.1) is 0 Å². The fraction of sp³-hybridized carbons (Fsp3) is 0.333. The second-order valence-corrected chi connectivity index (χ2v) is 14.2. The lowest BCUT2D eigenvalue weighted by Gasteiger charge is -2.35. The summed E-state index contributed by atoms with van der Waals surface area (Å²) >= 11 is 0. The smallest absolute Gasteiger partial charge is 0.333 e. The van der Waals surface area contributed by atoms with Gasteiger partial charge in [-0.3, -0.25) is 0 Å². The highest BCUT2D eigenvalue weighted by Crippen LogP contribution is 2.56. The Morgan fingerprint density at radius 3 is 1.35 bits per heavy atom. The molecule has 1 aliphatic rings. The van der Waals surface area contributed by atoms with Crippen LogP contribution in [-0.2, 0) is 37.3 Å². The molecular weight excluding hydrogens is 636 g/mol. The summed E-state index contributed by atoms with van der Waals surface area (Å²) < 4.78 is 23.1. The predicted molar refractivity (Wildman–Crippen MR) is 203 cm³/mol. The number of fused-ring (bicyclic) bond motifs is 3. The summed E-state index contributed by atoms with van der Waals surface area (Å²) in [7, 11) is 0. The van der Waals surface area contributed by atoms with Gasteiger partial charge in [0.1, 0.15) is 37.9 Å². The highest BCUT2D eigenvalue weighted by molar-refractivity contribution is 5.88. The Kier molecular flexibility index (Phi) is 11.9. The van der Waals surface area contributed by atoms with Crippen LogP contribution in [0.1, 0.15) is 74.9 Å². The average molecular weight is 687 g/mol. The lowest BCUT2D eigenvalue weighted by Crippen LogP contribution is -2.29. The average Bonchev–Trinajstić information content (AvgIpc) is 3.40. The van der Waals surface area contributed by atoms with Crippen LogP contribution >= 0.6 is 0 Å². The van der Waals surface area contributed by atoms with Crippen LogP contribution in [0, 0.1) is 11.8 Å². The van der Waals surface area contributed by atoms with E-state index in [1.807, 2.05) is 0 Å². The topological polar surface area (TPSA) is 71.1 Å². The minimum atomic E-state index is -0.615. The maximum atomic E-state index is 11.9. The fourth-order valence-electron chi connectivity index (χ4n) is 6.95. The molecule has 0 atom stereocenters. The molecule has 0 N–H and O–H groups in total. The molecule has 6 heteroatoms. The lowest BCUT2D eigenvalue weighted by molar-refractivity contribution is -0.140. The van der Waals surface area contributed by atoms with E-state index in [2.05, 4.69) is 126 Å². The van der Waals surface area contributed by atoms with Crippen LogP contribution in [0.5, 0.6) is 11.5 Å². The molecule has 4 aromatic rings. The summed E-state index contributed by atoms with van der Waals surface area (Å²) in [6, 6.07) is 30.5. The Balaban J connectivity index is 1.63. The molecule has 0 aliphatic heterocycles. The zero-order valence-corrected chi connectivity index (χ0v) is 30.8. The van der Waals surface area contributed by atoms with Crippen molar-refractivity contribution in [3.05, 3.63) is 143 Å². The molecule has 0 unspecified atom stereocenters. The second kappa shape index (κ2) is 16.3. The first-order valence-electron chi connectivity index (χ1n) is 17.8. The summed E-state index contributed by atoms with van der Waals surface area (Å²) in [6.45, 7) is 20.2. The molecule has 0 aromatic heterocycles. The summed E-state index contributed by atoms with van der Waals surface area (Å²) in [6.07, 6.45) is 1.63. The zero-order chi connectivity index (χ0) is 36.7. The van der Waals surface area contributed by atoms with Gasteiger partial charge in [0.2, 0.25) is 0 Å². The molecule has 0 amide bonds. The Morgan fingerprint density at radius 2 is 0.980 bits per heavy atom. The highest BCUT2D eigenvalue weighted by Gasteiger charge is 2.46. The molecule has 51 heavy (non-hydrogen) atoms. The van der Waals surface area contributed by atoms with Gasteiger partial charge in [0.15, 0.2) is 0 Å². The highest BCUT2D eigenvalue weighted by atomic mass is 16.6. The van der Waals surface area contributed by atoms with Crippen molar-refractivity contribution in [1.29, 1.82) is 0 Å². The van der Waals surface area contributed by atoms with E-state index in [0.29, 0.717) is 23.0 Å². The van der Waals surface area contributed by atoms with E-state index in [1.54, 1.807) is 13.8 Å². The third-order valence-corrected chi connectivity index (χ3v) is 9.04. The lowest BCUT2D eigenvalue weighted by atomic mass is 9.67. The maximum absolute atomic E-state index is 11.9. The van der Waals surface area contributed by atoms with Crippen molar-refractivity contribution >= 4 is 11.9 Å². The maximum Gasteiger partial charge on any atom is 0.333 e. The van der Waals surface area contributed by atoms with E-state index >= 15 is 0 Å². The van der Waals surface area contributed by atoms with Gasteiger partial charge in [-0.1, -0.05) is 114 Å². The van der Waals surface area contributed by atoms with Crippen LogP contribution in [0.25, 0.3) is 11.1 Å². The first-order chi connectivity index (χ1) is 24.4. The van der Waals surface area contributed by atoms with Crippen molar-refractivity contribution < 1.29 is 28.5 Å². The summed E-state index contributed by atoms with van der Waals surface area (Å²) in [4.78, 5) is 23.9. The van der Waals surface area contributed by atoms with Gasteiger partial charge < -0.3 is 18.9 Å². The van der Waals surface area contributed by atoms with Crippen molar-refractivity contribution in [1.82, 2.24) is 0 Å². The standard InChI is InChI=1S/C45H50O6/c1-29(2)25-33-27-35(17-19-41(33)48-21-23-50-43(46)31(5)6)45(39-15-11-9-13-37(39)38-14-10-12-16-40(38)45)36-18-20-42(34(28-36)26-30(3)4)49-22-24-51-44(47)32(7)8/h9-20,27-30H,5,7,21-26H2,1-4,6,8H3. The van der Waals surface area contributed by atoms with Crippen LogP contribution < -0.4 is 9.47 Å². The molecule has 0 spiro atoms. The Labute approximate surface area is 303 Å². The van der Waals surface area contributed by atoms with Gasteiger partial charge in [-0.05, 0) is 95.2 Å². The number of benzene rings is 4. The second-order valence-electron chi connectivity index (χ2n) is 14.2. The largest absolute Gasteiger partial charge is 0.490 e. The molecule has 0 bridgehead atoms. The molecule has 4 aromatic carbocycles. The van der Waals surface area contributed by atoms with E-state index in [9.17, 15) is 9.59 Å². The number of esters is 2. The molecular formula is C45H50O6. The van der Waals surface area contributed by atoms with Gasteiger partial charge in [-0.2, -0.15) is 0 Å². The van der Waals surface area contributed by atoms with Crippen molar-refractivity contribution in [2.24, 2.45) is 11.8 Å². The van der Waals surface area contributed by atoms with Crippen LogP contribution in [0.4, 0.5) is 0 Å². The third-order valence-electron chi connectivity index (χ3n) is 9.04. The summed E-state index contributed by atoms with van der Waals surface area (Å²) in [5.41, 5.74) is 9.46. The molecule has 5 rings (SSSR count). The molecule has 266 valence electrons. The van der Waals surface area contributed by atoms with E-state index in [4.69, 9.17) is 18.9 Å². The Hall–Kier alpha value is -5.10. The number of hydrogen-bond donors (Lipinski definition) is 0. The first-order valence-corrected chi connectivity index (χ1v) is 17.8. The van der Waals surface area contributed by atoms with E-state index in [1.165, 1.54) is 22.3 Å². The van der Waals surface area contributed by atoms with Gasteiger partial charge in [0.05, 0.1) is 5.41 Å². The van der Waals surface area contributed by atoms with Gasteiger partial charge >= 0.3 is 11.9 Å². The first kappa shape index (κ1) is 37.2. The van der Waals surface area contributed by atoms with E-state index in [0.717, 1.165) is 46.6 Å². The van der Waals surface area contributed by atoms with Crippen molar-refractivity contribution in [3.63, 3.8) is 0 Å². The summed E-state index contributed by atoms with van der Waals surface area (Å²) in [5.74, 6) is 1.49. The SMILES string of the molecule is C=C(C)C(=O)OCCOc1ccc(C2(c3ccc(OCCOC(=O)C(=C)C)c(CC(C)C)c3)c3ccccc3-c3ccccc32)cc1CC(C)C. The minimum absolute atomic E-state index is 0.141. The molecule has 0 saturated heterocycles. The molecule has 0 saturated carbocycles. The van der Waals surface area contributed by atoms with Gasteiger partial charge in [0, 0.05) is 11.1 Å². The third kappa shape index (κ3) is 8.12. The van der Waals surface area contributed by atoms with E-state index < -0.39 is 17.4 Å². The monoisotopic (exact) mass is 686 g/mol. The normalized spacial score (nSPS) is 12.6. The number of ether oxygens (including phenoxy) is 4. The number of carbonyl (C=O) groups excluding carboxylic acids is 2. The zero-order valence-electron chi connectivity index (χ0n) is 30.8. The quantitative estimate of drug-likeness (QED) is 0.0585. The van der Waals surface area contributed by atoms with E-state index in [-0.39, 0.29) is 26.4 Å². The number of carbonyl (C=O) groups is 2. The summed E-state index contributed by atoms with van der Waals surface area (Å²) in [5, 5.41) is 0. The Bertz CT molecular complexity index is 1780. The molecule has 0 heterocycles. The van der Waals surface area contributed by atoms with Crippen LogP contribution in [0.15, 0.2) is 109 Å². The van der Waals surface area contributed by atoms with Crippen molar-refractivity contribution in [2.75, 3.05) is 26.4 Å². The van der Waals surface area contributed by atoms with Gasteiger partial charge in [-0.25, -0.2) is 9.59 Å². The molecule has 0 radical (unpaired) electrons. The van der Waals surface area contributed by atoms with Gasteiger partial charge in [0.25, 0.3) is 0 Å². The van der Waals surface area contributed by atoms with Crippen molar-refractivity contribution in [3.8, 4) is 22.6 Å². The molecule has 0 fully saturated rings. The molecule has 6 nitrogen and oxygen atoms in total. The van der Waals surface area contributed by atoms with Crippen LogP contribution in [0.3, 0.4) is 0 Å².